The molecule has 148 valence electrons. The Hall–Kier alpha value is -2.64. The van der Waals surface area contributed by atoms with Gasteiger partial charge in [-0.2, -0.15) is 4.72 Å². The van der Waals surface area contributed by atoms with Crippen molar-refractivity contribution < 1.29 is 17.9 Å². The first-order valence-electron chi connectivity index (χ1n) is 9.30. The summed E-state index contributed by atoms with van der Waals surface area (Å²) in [4.78, 5) is 15.5. The Morgan fingerprint density at radius 2 is 1.86 bits per heavy atom. The molecule has 2 N–H and O–H groups in total. The summed E-state index contributed by atoms with van der Waals surface area (Å²) in [5.41, 5.74) is 1.93. The van der Waals surface area contributed by atoms with Crippen molar-refractivity contribution in [2.75, 3.05) is 0 Å². The summed E-state index contributed by atoms with van der Waals surface area (Å²) in [6.45, 7) is 3.57. The highest BCUT2D eigenvalue weighted by Gasteiger charge is 2.24. The van der Waals surface area contributed by atoms with Crippen molar-refractivity contribution in [2.45, 2.75) is 44.0 Å². The number of benzene rings is 2. The third-order valence-corrected chi connectivity index (χ3v) is 6.06. The summed E-state index contributed by atoms with van der Waals surface area (Å²) >= 11 is 0. The van der Waals surface area contributed by atoms with Crippen molar-refractivity contribution in [1.82, 2.24) is 9.71 Å². The highest BCUT2D eigenvalue weighted by molar-refractivity contribution is 7.89. The molecular weight excluding hydrogens is 376 g/mol. The predicted molar refractivity (Wildman–Crippen MR) is 109 cm³/mol. The van der Waals surface area contributed by atoms with E-state index in [1.165, 1.54) is 6.92 Å². The maximum atomic E-state index is 12.6. The van der Waals surface area contributed by atoms with E-state index in [1.807, 2.05) is 24.3 Å². The van der Waals surface area contributed by atoms with Gasteiger partial charge in [0.2, 0.25) is 10.0 Å². The summed E-state index contributed by atoms with van der Waals surface area (Å²) in [5, 5.41) is 0.758. The number of rotatable bonds is 8. The van der Waals surface area contributed by atoms with Crippen LogP contribution in [0.15, 0.2) is 59.6 Å². The van der Waals surface area contributed by atoms with Gasteiger partial charge in [0, 0.05) is 17.1 Å². The third-order valence-electron chi connectivity index (χ3n) is 4.50. The van der Waals surface area contributed by atoms with Crippen LogP contribution in [0.4, 0.5) is 0 Å². The van der Waals surface area contributed by atoms with Gasteiger partial charge in [-0.3, -0.25) is 0 Å². The molecule has 0 spiro atoms. The number of H-pyrrole nitrogens is 1. The van der Waals surface area contributed by atoms with Gasteiger partial charge >= 0.3 is 5.97 Å². The molecular formula is C21H24N2O4S. The van der Waals surface area contributed by atoms with E-state index >= 15 is 0 Å². The van der Waals surface area contributed by atoms with Gasteiger partial charge in [-0.05, 0) is 49.6 Å². The summed E-state index contributed by atoms with van der Waals surface area (Å²) in [6.07, 6.45) is 4.63. The molecule has 0 radical (unpaired) electrons. The fraction of sp³-hybridized carbons (Fsp3) is 0.286. The second kappa shape index (κ2) is 8.58. The molecule has 0 bridgehead atoms. The number of hydrogen-bond acceptors (Lipinski definition) is 4. The Morgan fingerprint density at radius 1 is 1.14 bits per heavy atom. The largest absolute Gasteiger partial charge is 0.423 e. The van der Waals surface area contributed by atoms with Gasteiger partial charge in [-0.1, -0.05) is 37.6 Å². The number of aromatic nitrogens is 1. The van der Waals surface area contributed by atoms with Crippen LogP contribution >= 0.6 is 0 Å². The smallest absolute Gasteiger partial charge is 0.329 e. The summed E-state index contributed by atoms with van der Waals surface area (Å²) < 4.78 is 32.9. The van der Waals surface area contributed by atoms with Crippen molar-refractivity contribution in [3.8, 4) is 5.75 Å². The van der Waals surface area contributed by atoms with Crippen molar-refractivity contribution in [1.29, 1.82) is 0 Å². The highest BCUT2D eigenvalue weighted by atomic mass is 32.2. The zero-order chi connectivity index (χ0) is 20.1. The predicted octanol–water partition coefficient (Wildman–Crippen LogP) is 3.78. The van der Waals surface area contributed by atoms with Crippen LogP contribution in [0.2, 0.25) is 0 Å². The van der Waals surface area contributed by atoms with Gasteiger partial charge in [0.05, 0.1) is 4.90 Å². The molecule has 0 saturated carbocycles. The van der Waals surface area contributed by atoms with E-state index in [4.69, 9.17) is 4.74 Å². The van der Waals surface area contributed by atoms with Crippen molar-refractivity contribution in [2.24, 2.45) is 0 Å². The standard InChI is InChI=1S/C21H24N2O4S/c1-3-4-7-16-10-12-17(13-11-16)28(25,26)23-15(2)21(24)27-20-14-22-19-9-6-5-8-18(19)20/h5-6,8-15,22-23H,3-4,7H2,1-2H3/t15-/m0/s1. The van der Waals surface area contributed by atoms with Crippen LogP contribution in [-0.4, -0.2) is 25.4 Å². The third kappa shape index (κ3) is 4.61. The number of ether oxygens (including phenoxy) is 1. The molecule has 1 aromatic heterocycles. The fourth-order valence-corrected chi connectivity index (χ4v) is 4.08. The van der Waals surface area contributed by atoms with Gasteiger partial charge < -0.3 is 9.72 Å². The van der Waals surface area contributed by atoms with E-state index in [0.29, 0.717) is 5.75 Å². The summed E-state index contributed by atoms with van der Waals surface area (Å²) in [5.74, 6) is -0.306. The Labute approximate surface area is 165 Å². The van der Waals surface area contributed by atoms with E-state index in [9.17, 15) is 13.2 Å². The second-order valence-electron chi connectivity index (χ2n) is 6.71. The van der Waals surface area contributed by atoms with Crippen molar-refractivity contribution >= 4 is 26.9 Å². The van der Waals surface area contributed by atoms with Crippen LogP contribution in [0.5, 0.6) is 5.75 Å². The number of hydrogen-bond donors (Lipinski definition) is 2. The van der Waals surface area contributed by atoms with E-state index in [2.05, 4.69) is 16.6 Å². The number of para-hydroxylation sites is 1. The number of carbonyl (C=O) groups is 1. The van der Waals surface area contributed by atoms with Crippen LogP contribution in [0.1, 0.15) is 32.3 Å². The molecule has 0 fully saturated rings. The van der Waals surface area contributed by atoms with E-state index < -0.39 is 22.0 Å². The van der Waals surface area contributed by atoms with Gasteiger partial charge in [-0.25, -0.2) is 13.2 Å². The Kier molecular flexibility index (Phi) is 6.16. The zero-order valence-corrected chi connectivity index (χ0v) is 16.8. The number of aromatic amines is 1. The first kappa shape index (κ1) is 20.1. The first-order valence-corrected chi connectivity index (χ1v) is 10.8. The number of nitrogens with one attached hydrogen (secondary N) is 2. The molecule has 0 amide bonds. The van der Waals surface area contributed by atoms with Gasteiger partial charge in [0.1, 0.15) is 6.04 Å². The van der Waals surface area contributed by atoms with Crippen molar-refractivity contribution in [3.05, 3.63) is 60.3 Å². The number of carbonyl (C=O) groups excluding carboxylic acids is 1. The number of unbranched alkanes of at least 4 members (excludes halogenated alkanes) is 1. The lowest BCUT2D eigenvalue weighted by Gasteiger charge is -2.13. The Bertz CT molecular complexity index is 1060. The molecule has 0 aliphatic carbocycles. The fourth-order valence-electron chi connectivity index (χ4n) is 2.89. The quantitative estimate of drug-likeness (QED) is 0.563. The van der Waals surface area contributed by atoms with Gasteiger partial charge in [0.25, 0.3) is 0 Å². The normalized spacial score (nSPS) is 12.8. The molecule has 1 heterocycles. The average Bonchev–Trinajstić information content (AvgIpc) is 3.09. The number of aryl methyl sites for hydroxylation is 1. The van der Waals surface area contributed by atoms with Crippen LogP contribution in [0.25, 0.3) is 10.9 Å². The number of sulfonamides is 1. The van der Waals surface area contributed by atoms with E-state index in [-0.39, 0.29) is 4.90 Å². The van der Waals surface area contributed by atoms with Crippen LogP contribution in [-0.2, 0) is 21.2 Å². The molecule has 3 rings (SSSR count). The molecule has 0 aliphatic rings. The molecule has 7 heteroatoms. The van der Waals surface area contributed by atoms with E-state index in [1.54, 1.807) is 30.5 Å². The number of fused-ring (bicyclic) bond motifs is 1. The lowest BCUT2D eigenvalue weighted by atomic mass is 10.1. The van der Waals surface area contributed by atoms with Crippen molar-refractivity contribution in [3.63, 3.8) is 0 Å². The topological polar surface area (TPSA) is 88.3 Å². The maximum absolute atomic E-state index is 12.6. The zero-order valence-electron chi connectivity index (χ0n) is 15.9. The first-order chi connectivity index (χ1) is 13.4. The molecule has 1 atom stereocenters. The molecule has 0 unspecified atom stereocenters. The molecule has 0 saturated heterocycles. The van der Waals surface area contributed by atoms with Crippen LogP contribution in [0.3, 0.4) is 0 Å². The minimum absolute atomic E-state index is 0.125. The average molecular weight is 401 g/mol. The molecule has 0 aliphatic heterocycles. The highest BCUT2D eigenvalue weighted by Crippen LogP contribution is 2.25. The molecule has 2 aromatic carbocycles. The lowest BCUT2D eigenvalue weighted by Crippen LogP contribution is -2.40. The number of esters is 1. The minimum Gasteiger partial charge on any atom is -0.423 e. The molecule has 6 nitrogen and oxygen atoms in total. The Morgan fingerprint density at radius 3 is 2.57 bits per heavy atom. The van der Waals surface area contributed by atoms with E-state index in [0.717, 1.165) is 35.7 Å². The van der Waals surface area contributed by atoms with Crippen LogP contribution < -0.4 is 9.46 Å². The SMILES string of the molecule is CCCCc1ccc(S(=O)(=O)N[C@@H](C)C(=O)Oc2c[nH]c3ccccc23)cc1. The monoisotopic (exact) mass is 400 g/mol. The molecule has 3 aromatic rings. The Balaban J connectivity index is 1.66. The molecule has 28 heavy (non-hydrogen) atoms. The van der Waals surface area contributed by atoms with Crippen LogP contribution in [0, 0.1) is 0 Å². The maximum Gasteiger partial charge on any atom is 0.329 e. The van der Waals surface area contributed by atoms with Gasteiger partial charge in [0.15, 0.2) is 5.75 Å². The lowest BCUT2D eigenvalue weighted by molar-refractivity contribution is -0.135. The van der Waals surface area contributed by atoms with Gasteiger partial charge in [-0.15, -0.1) is 0 Å². The summed E-state index contributed by atoms with van der Waals surface area (Å²) in [6, 6.07) is 13.1. The summed E-state index contributed by atoms with van der Waals surface area (Å²) in [7, 11) is -3.82. The second-order valence-corrected chi connectivity index (χ2v) is 8.42. The minimum atomic E-state index is -3.82.